The number of nitro groups is 1. The Balaban J connectivity index is 2.01. The van der Waals surface area contributed by atoms with Crippen molar-refractivity contribution in [1.82, 2.24) is 0 Å². The highest BCUT2D eigenvalue weighted by molar-refractivity contribution is 6.01. The number of nitrogens with zero attached hydrogens (tertiary/aromatic N) is 1. The number of urea groups is 1. The van der Waals surface area contributed by atoms with Gasteiger partial charge in [0.25, 0.3) is 5.69 Å². The summed E-state index contributed by atoms with van der Waals surface area (Å²) in [7, 11) is 0. The Labute approximate surface area is 129 Å². The number of carbonyl (C=O) groups excluding carboxylic acids is 1. The predicted molar refractivity (Wildman–Crippen MR) is 78.8 cm³/mol. The number of hydrogen-bond donors (Lipinski definition) is 2. The Kier molecular flexibility index (Phi) is 5.03. The summed E-state index contributed by atoms with van der Waals surface area (Å²) < 4.78 is 28.2. The maximum absolute atomic E-state index is 12.0. The molecule has 0 heterocycles. The van der Waals surface area contributed by atoms with Crippen LogP contribution in [0.3, 0.4) is 0 Å². The van der Waals surface area contributed by atoms with Crippen molar-refractivity contribution >= 4 is 23.1 Å². The highest BCUT2D eigenvalue weighted by atomic mass is 19.3. The lowest BCUT2D eigenvalue weighted by atomic mass is 10.2. The highest BCUT2D eigenvalue weighted by Crippen LogP contribution is 2.23. The third-order valence-corrected chi connectivity index (χ3v) is 2.69. The molecule has 2 aromatic carbocycles. The van der Waals surface area contributed by atoms with Crippen LogP contribution in [0, 0.1) is 10.1 Å². The largest absolute Gasteiger partial charge is 0.435 e. The zero-order valence-corrected chi connectivity index (χ0v) is 11.5. The summed E-state index contributed by atoms with van der Waals surface area (Å²) >= 11 is 0. The van der Waals surface area contributed by atoms with Gasteiger partial charge in [0.2, 0.25) is 0 Å². The molecule has 0 aromatic heterocycles. The van der Waals surface area contributed by atoms with Crippen LogP contribution in [0.15, 0.2) is 48.5 Å². The number of nitro benzene ring substituents is 1. The second-order valence-corrected chi connectivity index (χ2v) is 4.26. The van der Waals surface area contributed by atoms with Crippen LogP contribution in [0.1, 0.15) is 0 Å². The number of alkyl halides is 2. The Morgan fingerprint density at radius 2 is 1.74 bits per heavy atom. The van der Waals surface area contributed by atoms with E-state index >= 15 is 0 Å². The van der Waals surface area contributed by atoms with Crippen molar-refractivity contribution in [2.75, 3.05) is 10.6 Å². The number of anilines is 2. The monoisotopic (exact) mass is 323 g/mol. The molecule has 0 unspecified atom stereocenters. The minimum atomic E-state index is -2.93. The van der Waals surface area contributed by atoms with Gasteiger partial charge >= 0.3 is 12.6 Å². The first-order valence-corrected chi connectivity index (χ1v) is 6.32. The second-order valence-electron chi connectivity index (χ2n) is 4.26. The summed E-state index contributed by atoms with van der Waals surface area (Å²) in [6, 6.07) is 10.2. The van der Waals surface area contributed by atoms with E-state index in [0.29, 0.717) is 5.69 Å². The topological polar surface area (TPSA) is 93.5 Å². The standard InChI is InChI=1S/C14H11F2N3O4/c15-13(16)23-10-7-5-9(6-8-10)17-14(20)18-11-3-1-2-4-12(11)19(21)22/h1-8,13H,(H2,17,18,20). The van der Waals surface area contributed by atoms with E-state index in [1.165, 1.54) is 42.5 Å². The van der Waals surface area contributed by atoms with Crippen LogP contribution in [0.25, 0.3) is 0 Å². The molecule has 0 fully saturated rings. The van der Waals surface area contributed by atoms with Crippen LogP contribution >= 0.6 is 0 Å². The maximum Gasteiger partial charge on any atom is 0.387 e. The number of ether oxygens (including phenoxy) is 1. The van der Waals surface area contributed by atoms with Gasteiger partial charge in [-0.05, 0) is 30.3 Å². The van der Waals surface area contributed by atoms with Gasteiger partial charge in [0.1, 0.15) is 11.4 Å². The number of halogens is 2. The van der Waals surface area contributed by atoms with E-state index in [1.807, 2.05) is 0 Å². The van der Waals surface area contributed by atoms with E-state index in [0.717, 1.165) is 0 Å². The third kappa shape index (κ3) is 4.63. The van der Waals surface area contributed by atoms with Crippen LogP contribution in [0.5, 0.6) is 5.75 Å². The van der Waals surface area contributed by atoms with Crippen LogP contribution in [0.2, 0.25) is 0 Å². The Morgan fingerprint density at radius 1 is 1.09 bits per heavy atom. The van der Waals surface area contributed by atoms with Gasteiger partial charge in [-0.15, -0.1) is 0 Å². The zero-order chi connectivity index (χ0) is 16.8. The van der Waals surface area contributed by atoms with Crippen molar-refractivity contribution in [3.05, 3.63) is 58.6 Å². The van der Waals surface area contributed by atoms with Crippen molar-refractivity contribution in [3.8, 4) is 5.75 Å². The summed E-state index contributed by atoms with van der Waals surface area (Å²) in [4.78, 5) is 22.1. The van der Waals surface area contributed by atoms with Gasteiger partial charge in [-0.1, -0.05) is 12.1 Å². The van der Waals surface area contributed by atoms with Crippen molar-refractivity contribution in [1.29, 1.82) is 0 Å². The summed E-state index contributed by atoms with van der Waals surface area (Å²) in [6.45, 7) is -2.93. The number of para-hydroxylation sites is 2. The SMILES string of the molecule is O=C(Nc1ccc(OC(F)F)cc1)Nc1ccccc1[N+](=O)[O-]. The van der Waals surface area contributed by atoms with Gasteiger partial charge in [-0.25, -0.2) is 4.79 Å². The van der Waals surface area contributed by atoms with E-state index in [-0.39, 0.29) is 17.1 Å². The number of benzene rings is 2. The van der Waals surface area contributed by atoms with Crippen LogP contribution in [-0.4, -0.2) is 17.6 Å². The molecule has 0 aliphatic heterocycles. The molecule has 0 aliphatic carbocycles. The fourth-order valence-corrected chi connectivity index (χ4v) is 1.74. The molecule has 2 rings (SSSR count). The smallest absolute Gasteiger partial charge is 0.387 e. The molecule has 7 nitrogen and oxygen atoms in total. The van der Waals surface area contributed by atoms with Gasteiger partial charge in [0.05, 0.1) is 4.92 Å². The van der Waals surface area contributed by atoms with E-state index in [4.69, 9.17) is 0 Å². The lowest BCUT2D eigenvalue weighted by Gasteiger charge is -2.09. The van der Waals surface area contributed by atoms with Crippen molar-refractivity contribution < 1.29 is 23.2 Å². The minimum Gasteiger partial charge on any atom is -0.435 e. The molecule has 9 heteroatoms. The van der Waals surface area contributed by atoms with Gasteiger partial charge in [-0.3, -0.25) is 10.1 Å². The number of carbonyl (C=O) groups is 1. The molecule has 0 saturated heterocycles. The normalized spacial score (nSPS) is 10.2. The average Bonchev–Trinajstić information content (AvgIpc) is 2.49. The predicted octanol–water partition coefficient (Wildman–Crippen LogP) is 3.84. The first kappa shape index (κ1) is 16.1. The average molecular weight is 323 g/mol. The zero-order valence-electron chi connectivity index (χ0n) is 11.5. The van der Waals surface area contributed by atoms with Gasteiger partial charge in [0, 0.05) is 11.8 Å². The molecule has 0 atom stereocenters. The first-order valence-electron chi connectivity index (χ1n) is 6.32. The summed E-state index contributed by atoms with van der Waals surface area (Å²) in [5, 5.41) is 15.6. The lowest BCUT2D eigenvalue weighted by Crippen LogP contribution is -2.20. The quantitative estimate of drug-likeness (QED) is 0.646. The number of amides is 2. The Morgan fingerprint density at radius 3 is 2.35 bits per heavy atom. The lowest BCUT2D eigenvalue weighted by molar-refractivity contribution is -0.383. The molecule has 2 amide bonds. The molecule has 2 N–H and O–H groups in total. The summed E-state index contributed by atoms with van der Waals surface area (Å²) in [6.07, 6.45) is 0. The van der Waals surface area contributed by atoms with Crippen LogP contribution in [0.4, 0.5) is 30.6 Å². The molecule has 0 spiro atoms. The fourth-order valence-electron chi connectivity index (χ4n) is 1.74. The Hall–Kier alpha value is -3.23. The van der Waals surface area contributed by atoms with Gasteiger partial charge in [-0.2, -0.15) is 8.78 Å². The second kappa shape index (κ2) is 7.16. The van der Waals surface area contributed by atoms with Gasteiger partial charge in [0.15, 0.2) is 0 Å². The Bertz CT molecular complexity index is 707. The molecular weight excluding hydrogens is 312 g/mol. The van der Waals surface area contributed by atoms with Crippen molar-refractivity contribution in [2.24, 2.45) is 0 Å². The fraction of sp³-hybridized carbons (Fsp3) is 0.0714. The van der Waals surface area contributed by atoms with E-state index in [2.05, 4.69) is 15.4 Å². The van der Waals surface area contributed by atoms with E-state index < -0.39 is 17.6 Å². The summed E-state index contributed by atoms with van der Waals surface area (Å²) in [5.74, 6) is -0.0512. The molecule has 0 aliphatic rings. The van der Waals surface area contributed by atoms with Crippen molar-refractivity contribution in [2.45, 2.75) is 6.61 Å². The first-order chi connectivity index (χ1) is 11.0. The number of rotatable bonds is 5. The van der Waals surface area contributed by atoms with Crippen molar-refractivity contribution in [3.63, 3.8) is 0 Å². The number of hydrogen-bond acceptors (Lipinski definition) is 4. The number of nitrogens with one attached hydrogen (secondary N) is 2. The molecule has 0 radical (unpaired) electrons. The molecular formula is C14H11F2N3O4. The van der Waals surface area contributed by atoms with Crippen LogP contribution < -0.4 is 15.4 Å². The summed E-state index contributed by atoms with van der Waals surface area (Å²) in [5.41, 5.74) is 0.0960. The molecule has 0 saturated carbocycles. The molecule has 120 valence electrons. The molecule has 2 aromatic rings. The van der Waals surface area contributed by atoms with Crippen LogP contribution in [-0.2, 0) is 0 Å². The van der Waals surface area contributed by atoms with E-state index in [1.54, 1.807) is 6.07 Å². The third-order valence-electron chi connectivity index (χ3n) is 2.69. The van der Waals surface area contributed by atoms with Gasteiger partial charge < -0.3 is 15.4 Å². The minimum absolute atomic E-state index is 0.0349. The highest BCUT2D eigenvalue weighted by Gasteiger charge is 2.14. The molecule has 23 heavy (non-hydrogen) atoms. The van der Waals surface area contributed by atoms with E-state index in [9.17, 15) is 23.7 Å². The maximum atomic E-state index is 12.0. The molecule has 0 bridgehead atoms.